The maximum atomic E-state index is 13.3. The quantitative estimate of drug-likeness (QED) is 0.338. The third-order valence-corrected chi connectivity index (χ3v) is 6.23. The summed E-state index contributed by atoms with van der Waals surface area (Å²) in [6.07, 6.45) is 2.31. The molecule has 0 radical (unpaired) electrons. The van der Waals surface area contributed by atoms with Crippen LogP contribution < -0.4 is 15.0 Å². The van der Waals surface area contributed by atoms with Crippen molar-refractivity contribution in [3.05, 3.63) is 75.7 Å². The fourth-order valence-corrected chi connectivity index (χ4v) is 4.31. The van der Waals surface area contributed by atoms with Gasteiger partial charge in [0.15, 0.2) is 16.5 Å². The number of ether oxygens (including phenoxy) is 2. The molecule has 1 aliphatic rings. The lowest BCUT2D eigenvalue weighted by Gasteiger charge is -2.11. The van der Waals surface area contributed by atoms with Crippen molar-refractivity contribution in [2.24, 2.45) is 5.92 Å². The van der Waals surface area contributed by atoms with Crippen LogP contribution in [-0.2, 0) is 0 Å². The van der Waals surface area contributed by atoms with Crippen molar-refractivity contribution < 1.29 is 27.8 Å². The lowest BCUT2D eigenvalue weighted by atomic mass is 10.0. The second kappa shape index (κ2) is 9.10. The minimum absolute atomic E-state index is 0.00927. The number of phenolic OH excluding ortho intramolecular Hbond substituents is 1. The van der Waals surface area contributed by atoms with Crippen LogP contribution >= 0.6 is 11.3 Å². The molecule has 2 aromatic heterocycles. The fourth-order valence-electron chi connectivity index (χ4n) is 3.60. The number of aromatic hydroxyl groups is 1. The Hall–Kier alpha value is -3.79. The van der Waals surface area contributed by atoms with Gasteiger partial charge in [-0.1, -0.05) is 24.3 Å². The first kappa shape index (κ1) is 23.0. The predicted octanol–water partition coefficient (Wildman–Crippen LogP) is 5.99. The average Bonchev–Trinajstić information content (AvgIpc) is 3.51. The van der Waals surface area contributed by atoms with Gasteiger partial charge in [-0.25, -0.2) is 4.98 Å². The van der Waals surface area contributed by atoms with Gasteiger partial charge in [0.2, 0.25) is 0 Å². The summed E-state index contributed by atoms with van der Waals surface area (Å²) >= 11 is 1.28. The second-order valence-electron chi connectivity index (χ2n) is 8.09. The third kappa shape index (κ3) is 5.17. The number of alkyl halides is 3. The van der Waals surface area contributed by atoms with Crippen molar-refractivity contribution in [1.29, 1.82) is 0 Å². The Labute approximate surface area is 201 Å². The van der Waals surface area contributed by atoms with Crippen LogP contribution in [0.15, 0.2) is 58.8 Å². The monoisotopic (exact) mass is 500 g/mol. The van der Waals surface area contributed by atoms with E-state index in [0.717, 1.165) is 25.0 Å². The van der Waals surface area contributed by atoms with Gasteiger partial charge in [0.05, 0.1) is 17.9 Å². The molecule has 1 fully saturated rings. The normalized spacial score (nSPS) is 14.0. The number of nitrogens with zero attached hydrogens (tertiary/aromatic N) is 2. The highest BCUT2D eigenvalue weighted by atomic mass is 32.1. The molecule has 6 nitrogen and oxygen atoms in total. The van der Waals surface area contributed by atoms with Crippen LogP contribution in [0.2, 0.25) is 0 Å². The van der Waals surface area contributed by atoms with Crippen LogP contribution in [0.25, 0.3) is 28.2 Å². The highest BCUT2D eigenvalue weighted by Gasteiger charge is 2.31. The highest BCUT2D eigenvalue weighted by Crippen LogP contribution is 2.35. The van der Waals surface area contributed by atoms with Crippen LogP contribution in [0.4, 0.5) is 13.2 Å². The smallest absolute Gasteiger partial charge is 0.504 e. The Balaban J connectivity index is 1.55. The molecule has 35 heavy (non-hydrogen) atoms. The van der Waals surface area contributed by atoms with Crippen LogP contribution in [0.5, 0.6) is 17.2 Å². The molecule has 1 saturated carbocycles. The lowest BCUT2D eigenvalue weighted by molar-refractivity contribution is -0.274. The number of rotatable bonds is 7. The minimum atomic E-state index is -4.81. The van der Waals surface area contributed by atoms with Crippen molar-refractivity contribution in [3.63, 3.8) is 0 Å². The molecular weight excluding hydrogens is 481 g/mol. The van der Waals surface area contributed by atoms with Crippen molar-refractivity contribution in [3.8, 4) is 28.4 Å². The molecule has 0 aliphatic heterocycles. The van der Waals surface area contributed by atoms with Crippen LogP contribution in [0.3, 0.4) is 0 Å². The van der Waals surface area contributed by atoms with Crippen molar-refractivity contribution in [2.45, 2.75) is 19.2 Å². The zero-order valence-corrected chi connectivity index (χ0v) is 19.0. The maximum absolute atomic E-state index is 13.3. The molecule has 10 heteroatoms. The van der Waals surface area contributed by atoms with Gasteiger partial charge in [-0.2, -0.15) is 0 Å². The summed E-state index contributed by atoms with van der Waals surface area (Å²) in [4.78, 5) is 18.3. The van der Waals surface area contributed by atoms with E-state index < -0.39 is 6.36 Å². The predicted molar refractivity (Wildman–Crippen MR) is 127 cm³/mol. The number of thiazole rings is 1. The lowest BCUT2D eigenvalue weighted by Crippen LogP contribution is -2.18. The summed E-state index contributed by atoms with van der Waals surface area (Å²) in [5.74, 6) is 0.459. The summed E-state index contributed by atoms with van der Waals surface area (Å²) in [5, 5.41) is 12.0. The fraction of sp³-hybridized carbons (Fsp3) is 0.200. The van der Waals surface area contributed by atoms with Gasteiger partial charge >= 0.3 is 6.36 Å². The van der Waals surface area contributed by atoms with Gasteiger partial charge in [-0.15, -0.1) is 24.5 Å². The SMILES string of the molecule is O=c1c(-c2ccc(OC(F)(F)F)cc2)c(/C=C/c2cccc(O)c2OCC2CC2)nc2sccn12. The molecule has 2 heterocycles. The summed E-state index contributed by atoms with van der Waals surface area (Å²) in [5.41, 5.74) is 1.19. The molecule has 5 rings (SSSR count). The van der Waals surface area contributed by atoms with Crippen LogP contribution in [0, 0.1) is 5.92 Å². The number of para-hydroxylation sites is 1. The molecule has 1 N–H and O–H groups in total. The molecule has 0 amide bonds. The number of fused-ring (bicyclic) bond motifs is 1. The Morgan fingerprint density at radius 1 is 1.14 bits per heavy atom. The van der Waals surface area contributed by atoms with E-state index in [2.05, 4.69) is 9.72 Å². The molecule has 0 unspecified atom stereocenters. The Kier molecular flexibility index (Phi) is 5.98. The number of phenols is 1. The van der Waals surface area contributed by atoms with E-state index in [4.69, 9.17) is 4.74 Å². The number of benzene rings is 2. The van der Waals surface area contributed by atoms with Crippen molar-refractivity contribution in [2.75, 3.05) is 6.61 Å². The molecule has 0 saturated heterocycles. The topological polar surface area (TPSA) is 73.1 Å². The molecule has 0 spiro atoms. The van der Waals surface area contributed by atoms with E-state index in [1.807, 2.05) is 0 Å². The van der Waals surface area contributed by atoms with Gasteiger partial charge in [0.1, 0.15) is 5.75 Å². The highest BCUT2D eigenvalue weighted by molar-refractivity contribution is 7.15. The van der Waals surface area contributed by atoms with E-state index in [1.54, 1.807) is 35.9 Å². The summed E-state index contributed by atoms with van der Waals surface area (Å²) in [6.45, 7) is 0.511. The Morgan fingerprint density at radius 3 is 2.63 bits per heavy atom. The average molecular weight is 500 g/mol. The van der Waals surface area contributed by atoms with E-state index in [0.29, 0.717) is 40.1 Å². The van der Waals surface area contributed by atoms with Crippen molar-refractivity contribution >= 4 is 28.4 Å². The number of hydrogen-bond acceptors (Lipinski definition) is 6. The first-order chi connectivity index (χ1) is 16.8. The zero-order valence-electron chi connectivity index (χ0n) is 18.2. The molecule has 1 aliphatic carbocycles. The Morgan fingerprint density at radius 2 is 1.91 bits per heavy atom. The van der Waals surface area contributed by atoms with Crippen LogP contribution in [-0.4, -0.2) is 27.5 Å². The van der Waals surface area contributed by atoms with Gasteiger partial charge in [0.25, 0.3) is 5.56 Å². The van der Waals surface area contributed by atoms with Gasteiger partial charge < -0.3 is 14.6 Å². The van der Waals surface area contributed by atoms with E-state index in [9.17, 15) is 23.1 Å². The molecule has 0 atom stereocenters. The van der Waals surface area contributed by atoms with E-state index >= 15 is 0 Å². The zero-order chi connectivity index (χ0) is 24.6. The molecule has 2 aromatic carbocycles. The second-order valence-corrected chi connectivity index (χ2v) is 8.96. The standard InChI is InChI=1S/C25H19F3N2O4S/c26-25(27,28)34-18-9-6-16(7-10-18)21-19(29-24-30(23(21)32)12-13-35-24)11-8-17-2-1-3-20(31)22(17)33-14-15-4-5-15/h1-3,6-13,15,31H,4-5,14H2/b11-8+. The number of aromatic nitrogens is 2. The summed E-state index contributed by atoms with van der Waals surface area (Å²) in [6, 6.07) is 10.1. The van der Waals surface area contributed by atoms with Crippen LogP contribution in [0.1, 0.15) is 24.1 Å². The maximum Gasteiger partial charge on any atom is 0.573 e. The van der Waals surface area contributed by atoms with Gasteiger partial charge in [-0.3, -0.25) is 9.20 Å². The van der Waals surface area contributed by atoms with Gasteiger partial charge in [-0.05, 0) is 54.7 Å². The van der Waals surface area contributed by atoms with E-state index in [1.165, 1.54) is 33.9 Å². The number of halogens is 3. The molecular formula is C25H19F3N2O4S. The molecule has 180 valence electrons. The van der Waals surface area contributed by atoms with Gasteiger partial charge in [0, 0.05) is 17.1 Å². The Bertz CT molecular complexity index is 1450. The first-order valence-corrected chi connectivity index (χ1v) is 11.7. The number of hydrogen-bond donors (Lipinski definition) is 1. The minimum Gasteiger partial charge on any atom is -0.504 e. The van der Waals surface area contributed by atoms with E-state index in [-0.39, 0.29) is 22.6 Å². The molecule has 4 aromatic rings. The summed E-state index contributed by atoms with van der Waals surface area (Å²) in [7, 11) is 0. The van der Waals surface area contributed by atoms with Crippen molar-refractivity contribution in [1.82, 2.24) is 9.38 Å². The largest absolute Gasteiger partial charge is 0.573 e. The first-order valence-electron chi connectivity index (χ1n) is 10.8. The third-order valence-electron chi connectivity index (χ3n) is 5.48. The molecule has 0 bridgehead atoms. The summed E-state index contributed by atoms with van der Waals surface area (Å²) < 4.78 is 48.8.